The van der Waals surface area contributed by atoms with Crippen LogP contribution in [0, 0.1) is 0 Å². The first-order valence-electron chi connectivity index (χ1n) is 5.47. The van der Waals surface area contributed by atoms with Crippen molar-refractivity contribution in [1.82, 2.24) is 4.98 Å². The third-order valence-corrected chi connectivity index (χ3v) is 2.41. The highest BCUT2D eigenvalue weighted by molar-refractivity contribution is 6.01. The van der Waals surface area contributed by atoms with Gasteiger partial charge in [-0.2, -0.15) is 4.98 Å². The number of rotatable bonds is 5. The number of oxazole rings is 1. The van der Waals surface area contributed by atoms with E-state index in [2.05, 4.69) is 10.3 Å². The first-order valence-corrected chi connectivity index (χ1v) is 5.47. The Morgan fingerprint density at radius 3 is 3.00 bits per heavy atom. The van der Waals surface area contributed by atoms with Crippen LogP contribution in [0.5, 0.6) is 0 Å². The Balaban J connectivity index is 2.29. The monoisotopic (exact) mass is 250 g/mol. The Labute approximate surface area is 104 Å². The second-order valence-corrected chi connectivity index (χ2v) is 3.58. The third kappa shape index (κ3) is 2.43. The third-order valence-electron chi connectivity index (χ3n) is 2.41. The Morgan fingerprint density at radius 1 is 1.44 bits per heavy atom. The quantitative estimate of drug-likeness (QED) is 0.642. The number of esters is 1. The highest BCUT2D eigenvalue weighted by atomic mass is 16.5. The van der Waals surface area contributed by atoms with Gasteiger partial charge in [0, 0.05) is 13.7 Å². The largest absolute Gasteiger partial charge is 0.465 e. The summed E-state index contributed by atoms with van der Waals surface area (Å²) in [6.07, 6.45) is 0. The molecule has 0 spiro atoms. The number of hydrogen-bond donors (Lipinski definition) is 1. The molecule has 1 aromatic carbocycles. The van der Waals surface area contributed by atoms with Crippen LogP contribution in [-0.4, -0.2) is 38.3 Å². The van der Waals surface area contributed by atoms with Crippen LogP contribution in [0.1, 0.15) is 10.4 Å². The van der Waals surface area contributed by atoms with Gasteiger partial charge >= 0.3 is 5.97 Å². The maximum absolute atomic E-state index is 11.6. The van der Waals surface area contributed by atoms with Crippen LogP contribution in [-0.2, 0) is 9.47 Å². The van der Waals surface area contributed by atoms with E-state index in [1.54, 1.807) is 25.3 Å². The number of methoxy groups -OCH3 is 2. The fraction of sp³-hybridized carbons (Fsp3) is 0.333. The highest BCUT2D eigenvalue weighted by Gasteiger charge is 2.15. The maximum Gasteiger partial charge on any atom is 0.340 e. The molecule has 0 unspecified atom stereocenters. The minimum Gasteiger partial charge on any atom is -0.465 e. The number of nitrogens with one attached hydrogen (secondary N) is 1. The topological polar surface area (TPSA) is 73.6 Å². The van der Waals surface area contributed by atoms with Gasteiger partial charge in [-0.05, 0) is 12.1 Å². The van der Waals surface area contributed by atoms with E-state index < -0.39 is 5.97 Å². The molecule has 0 aliphatic carbocycles. The first-order chi connectivity index (χ1) is 8.76. The van der Waals surface area contributed by atoms with Crippen LogP contribution in [0.4, 0.5) is 6.01 Å². The van der Waals surface area contributed by atoms with E-state index in [0.717, 1.165) is 0 Å². The molecule has 0 fully saturated rings. The molecule has 0 saturated heterocycles. The average molecular weight is 250 g/mol. The van der Waals surface area contributed by atoms with Gasteiger partial charge in [-0.3, -0.25) is 0 Å². The van der Waals surface area contributed by atoms with Gasteiger partial charge in [0.05, 0.1) is 19.3 Å². The number of carbonyl (C=O) groups excluding carboxylic acids is 1. The SMILES string of the molecule is COCCNc1nc2c(C(=O)OC)cccc2o1. The van der Waals surface area contributed by atoms with Crippen molar-refractivity contribution in [3.05, 3.63) is 23.8 Å². The van der Waals surface area contributed by atoms with Crippen LogP contribution >= 0.6 is 0 Å². The number of benzene rings is 1. The Bertz CT molecular complexity index is 550. The molecular weight excluding hydrogens is 236 g/mol. The number of nitrogens with zero attached hydrogens (tertiary/aromatic N) is 1. The molecule has 6 nitrogen and oxygen atoms in total. The van der Waals surface area contributed by atoms with Crippen LogP contribution < -0.4 is 5.32 Å². The molecule has 2 aromatic rings. The van der Waals surface area contributed by atoms with Gasteiger partial charge in [0.2, 0.25) is 0 Å². The maximum atomic E-state index is 11.6. The van der Waals surface area contributed by atoms with Gasteiger partial charge < -0.3 is 19.2 Å². The van der Waals surface area contributed by atoms with Gasteiger partial charge in [-0.1, -0.05) is 6.07 Å². The predicted molar refractivity (Wildman–Crippen MR) is 65.7 cm³/mol. The minimum absolute atomic E-state index is 0.360. The Kier molecular flexibility index (Phi) is 3.78. The Hall–Kier alpha value is -2.08. The molecule has 0 amide bonds. The fourth-order valence-electron chi connectivity index (χ4n) is 1.56. The normalized spacial score (nSPS) is 10.6. The van der Waals surface area contributed by atoms with E-state index in [4.69, 9.17) is 13.9 Å². The summed E-state index contributed by atoms with van der Waals surface area (Å²) in [5, 5.41) is 2.96. The molecule has 1 aromatic heterocycles. The molecule has 0 aliphatic heterocycles. The number of ether oxygens (including phenoxy) is 2. The summed E-state index contributed by atoms with van der Waals surface area (Å²) >= 11 is 0. The molecule has 6 heteroatoms. The van der Waals surface area contributed by atoms with Crippen LogP contribution in [0.2, 0.25) is 0 Å². The molecule has 96 valence electrons. The minimum atomic E-state index is -0.433. The molecule has 0 aliphatic rings. The summed E-state index contributed by atoms with van der Waals surface area (Å²) in [6, 6.07) is 5.48. The Morgan fingerprint density at radius 2 is 2.28 bits per heavy atom. The van der Waals surface area contributed by atoms with Crippen molar-refractivity contribution in [3.63, 3.8) is 0 Å². The van der Waals surface area contributed by atoms with Crippen molar-refractivity contribution in [1.29, 1.82) is 0 Å². The number of fused-ring (bicyclic) bond motifs is 1. The lowest BCUT2D eigenvalue weighted by molar-refractivity contribution is 0.0603. The summed E-state index contributed by atoms with van der Waals surface area (Å²) < 4.78 is 15.1. The second kappa shape index (κ2) is 5.50. The van der Waals surface area contributed by atoms with E-state index in [9.17, 15) is 4.79 Å². The number of hydrogen-bond acceptors (Lipinski definition) is 6. The van der Waals surface area contributed by atoms with Crippen molar-refractivity contribution >= 4 is 23.1 Å². The first kappa shape index (κ1) is 12.4. The standard InChI is InChI=1S/C12H14N2O4/c1-16-7-6-13-12-14-10-8(11(15)17-2)4-3-5-9(10)18-12/h3-5H,6-7H2,1-2H3,(H,13,14). The summed E-state index contributed by atoms with van der Waals surface area (Å²) in [4.78, 5) is 15.8. The number of aromatic nitrogens is 1. The van der Waals surface area contributed by atoms with E-state index in [-0.39, 0.29) is 0 Å². The van der Waals surface area contributed by atoms with Crippen molar-refractivity contribution in [3.8, 4) is 0 Å². The molecular formula is C12H14N2O4. The number of anilines is 1. The van der Waals surface area contributed by atoms with E-state index in [1.807, 2.05) is 0 Å². The zero-order chi connectivity index (χ0) is 13.0. The molecule has 0 radical (unpaired) electrons. The van der Waals surface area contributed by atoms with E-state index in [1.165, 1.54) is 7.11 Å². The molecule has 1 heterocycles. The summed E-state index contributed by atoms with van der Waals surface area (Å²) in [6.45, 7) is 1.12. The predicted octanol–water partition coefficient (Wildman–Crippen LogP) is 1.67. The van der Waals surface area contributed by atoms with Crippen molar-refractivity contribution in [2.24, 2.45) is 0 Å². The number of para-hydroxylation sites is 1. The van der Waals surface area contributed by atoms with Gasteiger partial charge in [0.1, 0.15) is 5.52 Å². The van der Waals surface area contributed by atoms with Crippen molar-refractivity contribution in [2.45, 2.75) is 0 Å². The lowest BCUT2D eigenvalue weighted by Gasteiger charge is -1.98. The van der Waals surface area contributed by atoms with Crippen LogP contribution in [0.15, 0.2) is 22.6 Å². The smallest absolute Gasteiger partial charge is 0.340 e. The van der Waals surface area contributed by atoms with Crippen molar-refractivity contribution in [2.75, 3.05) is 32.7 Å². The molecule has 0 saturated carbocycles. The molecule has 2 rings (SSSR count). The molecule has 0 atom stereocenters. The van der Waals surface area contributed by atoms with Crippen LogP contribution in [0.3, 0.4) is 0 Å². The molecule has 0 bridgehead atoms. The van der Waals surface area contributed by atoms with Crippen molar-refractivity contribution < 1.29 is 18.7 Å². The van der Waals surface area contributed by atoms with Gasteiger partial charge in [-0.25, -0.2) is 4.79 Å². The van der Waals surface area contributed by atoms with Gasteiger partial charge in [0.15, 0.2) is 5.58 Å². The van der Waals surface area contributed by atoms with Gasteiger partial charge in [0.25, 0.3) is 6.01 Å². The zero-order valence-corrected chi connectivity index (χ0v) is 10.2. The summed E-state index contributed by atoms with van der Waals surface area (Å²) in [5.74, 6) is -0.433. The summed E-state index contributed by atoms with van der Waals surface area (Å²) in [5.41, 5.74) is 1.42. The lowest BCUT2D eigenvalue weighted by Crippen LogP contribution is -2.07. The fourth-order valence-corrected chi connectivity index (χ4v) is 1.56. The highest BCUT2D eigenvalue weighted by Crippen LogP contribution is 2.22. The van der Waals surface area contributed by atoms with Gasteiger partial charge in [-0.15, -0.1) is 0 Å². The van der Waals surface area contributed by atoms with E-state index >= 15 is 0 Å². The zero-order valence-electron chi connectivity index (χ0n) is 10.2. The lowest BCUT2D eigenvalue weighted by atomic mass is 10.2. The second-order valence-electron chi connectivity index (χ2n) is 3.58. The molecule has 1 N–H and O–H groups in total. The number of carbonyl (C=O) groups is 1. The summed E-state index contributed by atoms with van der Waals surface area (Å²) in [7, 11) is 2.95. The van der Waals surface area contributed by atoms with Crippen LogP contribution in [0.25, 0.3) is 11.1 Å². The van der Waals surface area contributed by atoms with E-state index in [0.29, 0.717) is 35.8 Å². The average Bonchev–Trinajstić information content (AvgIpc) is 2.80. The molecule has 18 heavy (non-hydrogen) atoms.